The topological polar surface area (TPSA) is 28.5 Å². The predicted molar refractivity (Wildman–Crippen MR) is 96.1 cm³/mol. The number of hydrogen-bond acceptors (Lipinski definition) is 1. The molecule has 118 valence electrons. The number of rotatable bonds is 7. The Morgan fingerprint density at radius 3 is 2.14 bits per heavy atom. The van der Waals surface area contributed by atoms with E-state index >= 15 is 0 Å². The minimum Gasteiger partial charge on any atom is -0.357 e. The van der Waals surface area contributed by atoms with Crippen molar-refractivity contribution in [3.8, 4) is 0 Å². The molecule has 0 aliphatic rings. The van der Waals surface area contributed by atoms with Crippen molar-refractivity contribution in [3.05, 3.63) is 29.8 Å². The first-order valence-electron chi connectivity index (χ1n) is 7.93. The Morgan fingerprint density at radius 1 is 1.10 bits per heavy atom. The first-order valence-corrected chi connectivity index (χ1v) is 8.34. The van der Waals surface area contributed by atoms with Gasteiger partial charge in [0.05, 0.1) is 25.2 Å². The van der Waals surface area contributed by atoms with Gasteiger partial charge < -0.3 is 15.5 Å². The molecule has 0 atom stereocenters. The average molecular weight is 309 g/mol. The van der Waals surface area contributed by atoms with Gasteiger partial charge in [0, 0.05) is 5.69 Å². The molecule has 3 nitrogen and oxygen atoms in total. The third-order valence-electron chi connectivity index (χ3n) is 3.80. The summed E-state index contributed by atoms with van der Waals surface area (Å²) >= 11 is 5.35. The molecule has 0 heterocycles. The second-order valence-corrected chi connectivity index (χ2v) is 6.47. The Hall–Kier alpha value is -1.13. The van der Waals surface area contributed by atoms with Gasteiger partial charge in [0.25, 0.3) is 0 Å². The lowest BCUT2D eigenvalue weighted by Gasteiger charge is -2.27. The van der Waals surface area contributed by atoms with Crippen LogP contribution in [0, 0.1) is 0 Å². The van der Waals surface area contributed by atoms with Crippen LogP contribution >= 0.6 is 12.2 Å². The van der Waals surface area contributed by atoms with Gasteiger partial charge in [-0.3, -0.25) is 0 Å². The van der Waals surface area contributed by atoms with Crippen LogP contribution in [0.3, 0.4) is 0 Å². The summed E-state index contributed by atoms with van der Waals surface area (Å²) in [6.07, 6.45) is 1.06. The minimum absolute atomic E-state index is 0.634. The maximum Gasteiger partial charge on any atom is 0.170 e. The summed E-state index contributed by atoms with van der Waals surface area (Å²) < 4.78 is 0. The molecular weight excluding hydrogens is 278 g/mol. The molecular formula is C17H30N3S+. The molecule has 0 bridgehead atoms. The highest BCUT2D eigenvalue weighted by molar-refractivity contribution is 7.80. The van der Waals surface area contributed by atoms with E-state index in [9.17, 15) is 0 Å². The summed E-state index contributed by atoms with van der Waals surface area (Å²) in [6.45, 7) is 13.2. The fourth-order valence-corrected chi connectivity index (χ4v) is 2.78. The monoisotopic (exact) mass is 308 g/mol. The number of anilines is 1. The van der Waals surface area contributed by atoms with E-state index in [1.807, 2.05) is 0 Å². The molecule has 0 saturated heterocycles. The SMILES string of the molecule is CCc1ccc(NC(=S)NCC[NH+](C(C)C)C(C)C)cc1. The highest BCUT2D eigenvalue weighted by atomic mass is 32.1. The van der Waals surface area contributed by atoms with E-state index in [1.165, 1.54) is 5.56 Å². The van der Waals surface area contributed by atoms with Crippen LogP contribution < -0.4 is 15.5 Å². The fraction of sp³-hybridized carbons (Fsp3) is 0.588. The predicted octanol–water partition coefficient (Wildman–Crippen LogP) is 2.24. The third-order valence-corrected chi connectivity index (χ3v) is 4.05. The van der Waals surface area contributed by atoms with Gasteiger partial charge in [0.15, 0.2) is 5.11 Å². The van der Waals surface area contributed by atoms with Crippen molar-refractivity contribution in [1.29, 1.82) is 0 Å². The van der Waals surface area contributed by atoms with Crippen LogP contribution in [0.4, 0.5) is 5.69 Å². The number of hydrogen-bond donors (Lipinski definition) is 3. The first-order chi connectivity index (χ1) is 9.93. The minimum atomic E-state index is 0.634. The lowest BCUT2D eigenvalue weighted by Crippen LogP contribution is -3.18. The molecule has 0 radical (unpaired) electrons. The summed E-state index contributed by atoms with van der Waals surface area (Å²) in [6, 6.07) is 9.69. The molecule has 1 aromatic rings. The van der Waals surface area contributed by atoms with E-state index in [0.29, 0.717) is 17.2 Å². The van der Waals surface area contributed by atoms with Crippen molar-refractivity contribution in [2.45, 2.75) is 53.1 Å². The average Bonchev–Trinajstić information content (AvgIpc) is 2.43. The van der Waals surface area contributed by atoms with Gasteiger partial charge in [0.2, 0.25) is 0 Å². The van der Waals surface area contributed by atoms with Crippen LogP contribution in [0.1, 0.15) is 40.2 Å². The van der Waals surface area contributed by atoms with Crippen LogP contribution in [-0.2, 0) is 6.42 Å². The van der Waals surface area contributed by atoms with Crippen LogP contribution in [0.25, 0.3) is 0 Å². The number of nitrogens with one attached hydrogen (secondary N) is 3. The molecule has 0 amide bonds. The number of benzene rings is 1. The van der Waals surface area contributed by atoms with E-state index in [4.69, 9.17) is 12.2 Å². The Balaban J connectivity index is 2.36. The molecule has 1 rings (SSSR count). The van der Waals surface area contributed by atoms with Gasteiger partial charge in [-0.05, 0) is 64.0 Å². The Morgan fingerprint density at radius 2 is 1.67 bits per heavy atom. The van der Waals surface area contributed by atoms with E-state index in [-0.39, 0.29) is 0 Å². The van der Waals surface area contributed by atoms with E-state index in [0.717, 1.165) is 25.2 Å². The zero-order valence-corrected chi connectivity index (χ0v) is 14.8. The van der Waals surface area contributed by atoms with Crippen LogP contribution in [-0.4, -0.2) is 30.3 Å². The van der Waals surface area contributed by atoms with Crippen molar-refractivity contribution in [2.75, 3.05) is 18.4 Å². The largest absolute Gasteiger partial charge is 0.357 e. The van der Waals surface area contributed by atoms with Gasteiger partial charge in [-0.1, -0.05) is 19.1 Å². The lowest BCUT2D eigenvalue weighted by molar-refractivity contribution is -0.941. The fourth-order valence-electron chi connectivity index (χ4n) is 2.56. The molecule has 0 spiro atoms. The normalized spacial score (nSPS) is 11.2. The molecule has 21 heavy (non-hydrogen) atoms. The first kappa shape index (κ1) is 17.9. The quantitative estimate of drug-likeness (QED) is 0.675. The highest BCUT2D eigenvalue weighted by Gasteiger charge is 2.16. The number of quaternary nitrogens is 1. The lowest BCUT2D eigenvalue weighted by atomic mass is 10.1. The van der Waals surface area contributed by atoms with Gasteiger partial charge in [-0.25, -0.2) is 0 Å². The molecule has 0 aliphatic heterocycles. The van der Waals surface area contributed by atoms with Gasteiger partial charge >= 0.3 is 0 Å². The Bertz CT molecular complexity index is 418. The molecule has 4 heteroatoms. The zero-order chi connectivity index (χ0) is 15.8. The van der Waals surface area contributed by atoms with Crippen LogP contribution in [0.2, 0.25) is 0 Å². The van der Waals surface area contributed by atoms with Crippen molar-refractivity contribution >= 4 is 23.0 Å². The van der Waals surface area contributed by atoms with Crippen molar-refractivity contribution in [2.24, 2.45) is 0 Å². The summed E-state index contributed by atoms with van der Waals surface area (Å²) in [5.74, 6) is 0. The van der Waals surface area contributed by atoms with Crippen LogP contribution in [0.5, 0.6) is 0 Å². The molecule has 0 fully saturated rings. The van der Waals surface area contributed by atoms with Crippen molar-refractivity contribution < 1.29 is 4.90 Å². The molecule has 1 aromatic carbocycles. The molecule has 3 N–H and O–H groups in total. The summed E-state index contributed by atoms with van der Waals surface area (Å²) in [5.41, 5.74) is 2.38. The van der Waals surface area contributed by atoms with E-state index in [2.05, 4.69) is 69.5 Å². The Kier molecular flexibility index (Phi) is 7.68. The second kappa shape index (κ2) is 9.00. The number of thiocarbonyl (C=S) groups is 1. The van der Waals surface area contributed by atoms with E-state index in [1.54, 1.807) is 4.90 Å². The maximum atomic E-state index is 5.35. The van der Waals surface area contributed by atoms with E-state index < -0.39 is 0 Å². The highest BCUT2D eigenvalue weighted by Crippen LogP contribution is 2.09. The second-order valence-electron chi connectivity index (χ2n) is 6.07. The third kappa shape index (κ3) is 6.44. The summed E-state index contributed by atoms with van der Waals surface area (Å²) in [4.78, 5) is 1.59. The smallest absolute Gasteiger partial charge is 0.170 e. The molecule has 0 aromatic heterocycles. The molecule has 0 saturated carbocycles. The summed E-state index contributed by atoms with van der Waals surface area (Å²) in [7, 11) is 0. The summed E-state index contributed by atoms with van der Waals surface area (Å²) in [5, 5.41) is 7.24. The standard InChI is InChI=1S/C17H29N3S/c1-6-15-7-9-16(10-8-15)19-17(21)18-11-12-20(13(2)3)14(4)5/h7-10,13-14H,6,11-12H2,1-5H3,(H2,18,19,21)/p+1. The maximum absolute atomic E-state index is 5.35. The van der Waals surface area contributed by atoms with Gasteiger partial charge in [0.1, 0.15) is 0 Å². The molecule has 0 unspecified atom stereocenters. The molecule has 0 aliphatic carbocycles. The number of aryl methyl sites for hydroxylation is 1. The van der Waals surface area contributed by atoms with Gasteiger partial charge in [-0.15, -0.1) is 0 Å². The van der Waals surface area contributed by atoms with Crippen molar-refractivity contribution in [1.82, 2.24) is 5.32 Å². The van der Waals surface area contributed by atoms with Crippen LogP contribution in [0.15, 0.2) is 24.3 Å². The zero-order valence-electron chi connectivity index (χ0n) is 14.0. The van der Waals surface area contributed by atoms with Gasteiger partial charge in [-0.2, -0.15) is 0 Å². The Labute approximate surface area is 135 Å². The van der Waals surface area contributed by atoms with Crippen molar-refractivity contribution in [3.63, 3.8) is 0 Å².